The normalized spacial score (nSPS) is 11.3. The molecule has 1 aromatic heterocycles. The van der Waals surface area contributed by atoms with Gasteiger partial charge in [0.1, 0.15) is 11.2 Å². The molecule has 0 spiro atoms. The molecule has 0 fully saturated rings. The molecular weight excluding hydrogens is 655 g/mol. The second-order valence-electron chi connectivity index (χ2n) is 13.7. The molecule has 1 heterocycles. The molecule has 0 radical (unpaired) electrons. The second-order valence-corrected chi connectivity index (χ2v) is 13.7. The standard InChI is InChI=1S/C52H35NO/c1-2-15-38(16-3-1)43-18-6-7-19-44(43)45-20-8-9-21-46(45)47-22-10-12-24-50(47)53(42-32-33-52-49(35-42)48-23-11-13-25-51(48)54-52)41-30-28-37(29-31-41)40-27-26-36-14-4-5-17-39(36)34-40/h1-35H. The van der Waals surface area contributed by atoms with Gasteiger partial charge in [0.05, 0.1) is 5.69 Å². The lowest BCUT2D eigenvalue weighted by molar-refractivity contribution is 0.669. The molecule has 0 atom stereocenters. The lowest BCUT2D eigenvalue weighted by Gasteiger charge is -2.29. The van der Waals surface area contributed by atoms with Gasteiger partial charge in [-0.3, -0.25) is 0 Å². The van der Waals surface area contributed by atoms with E-state index in [2.05, 4.69) is 205 Å². The van der Waals surface area contributed by atoms with Crippen LogP contribution in [0, 0.1) is 0 Å². The first-order chi connectivity index (χ1) is 26.8. The summed E-state index contributed by atoms with van der Waals surface area (Å²) in [5.41, 5.74) is 14.5. The van der Waals surface area contributed by atoms with Crippen molar-refractivity contribution in [1.29, 1.82) is 0 Å². The van der Waals surface area contributed by atoms with Crippen LogP contribution in [0.5, 0.6) is 0 Å². The highest BCUT2D eigenvalue weighted by molar-refractivity contribution is 6.07. The van der Waals surface area contributed by atoms with E-state index in [-0.39, 0.29) is 0 Å². The highest BCUT2D eigenvalue weighted by Crippen LogP contribution is 2.46. The quantitative estimate of drug-likeness (QED) is 0.166. The van der Waals surface area contributed by atoms with E-state index in [0.29, 0.717) is 0 Å². The van der Waals surface area contributed by atoms with Gasteiger partial charge >= 0.3 is 0 Å². The fourth-order valence-electron chi connectivity index (χ4n) is 7.89. The Morgan fingerprint density at radius 1 is 0.296 bits per heavy atom. The van der Waals surface area contributed by atoms with Crippen LogP contribution in [0.25, 0.3) is 77.2 Å². The van der Waals surface area contributed by atoms with E-state index in [1.165, 1.54) is 49.7 Å². The van der Waals surface area contributed by atoms with Gasteiger partial charge in [-0.05, 0) is 98.2 Å². The zero-order chi connectivity index (χ0) is 35.8. The van der Waals surface area contributed by atoms with Gasteiger partial charge in [0.15, 0.2) is 0 Å². The summed E-state index contributed by atoms with van der Waals surface area (Å²) in [6.45, 7) is 0. The van der Waals surface area contributed by atoms with Crippen LogP contribution >= 0.6 is 0 Å². The van der Waals surface area contributed by atoms with Crippen LogP contribution in [0.4, 0.5) is 17.1 Å². The zero-order valence-corrected chi connectivity index (χ0v) is 29.6. The number of nitrogens with zero attached hydrogens (tertiary/aromatic N) is 1. The molecule has 10 aromatic rings. The van der Waals surface area contributed by atoms with Gasteiger partial charge in [0.2, 0.25) is 0 Å². The molecule has 0 aliphatic heterocycles. The molecule has 0 amide bonds. The molecule has 2 nitrogen and oxygen atoms in total. The molecule has 9 aromatic carbocycles. The van der Waals surface area contributed by atoms with Crippen molar-refractivity contribution < 1.29 is 4.42 Å². The van der Waals surface area contributed by atoms with Crippen LogP contribution < -0.4 is 4.90 Å². The van der Waals surface area contributed by atoms with Crippen molar-refractivity contribution >= 4 is 49.8 Å². The van der Waals surface area contributed by atoms with Crippen molar-refractivity contribution in [1.82, 2.24) is 0 Å². The van der Waals surface area contributed by atoms with E-state index in [0.717, 1.165) is 44.6 Å². The minimum Gasteiger partial charge on any atom is -0.456 e. The number of furan rings is 1. The van der Waals surface area contributed by atoms with E-state index in [1.54, 1.807) is 0 Å². The Kier molecular flexibility index (Phi) is 7.85. The van der Waals surface area contributed by atoms with Gasteiger partial charge in [-0.25, -0.2) is 0 Å². The van der Waals surface area contributed by atoms with Crippen LogP contribution in [0.3, 0.4) is 0 Å². The van der Waals surface area contributed by atoms with Crippen molar-refractivity contribution in [3.05, 3.63) is 212 Å². The Morgan fingerprint density at radius 2 is 0.852 bits per heavy atom. The Bertz CT molecular complexity index is 2940. The average Bonchev–Trinajstić information content (AvgIpc) is 3.62. The van der Waals surface area contributed by atoms with Gasteiger partial charge in [-0.2, -0.15) is 0 Å². The average molecular weight is 690 g/mol. The Balaban J connectivity index is 1.16. The van der Waals surface area contributed by atoms with Gasteiger partial charge in [0.25, 0.3) is 0 Å². The number of anilines is 3. The molecule has 0 N–H and O–H groups in total. The first kappa shape index (κ1) is 31.6. The van der Waals surface area contributed by atoms with Crippen molar-refractivity contribution in [2.75, 3.05) is 4.90 Å². The van der Waals surface area contributed by atoms with Crippen LogP contribution in [-0.2, 0) is 0 Å². The lowest BCUT2D eigenvalue weighted by atomic mass is 9.88. The number of para-hydroxylation sites is 2. The fraction of sp³-hybridized carbons (Fsp3) is 0. The third-order valence-corrected chi connectivity index (χ3v) is 10.5. The summed E-state index contributed by atoms with van der Waals surface area (Å²) in [6, 6.07) is 76.0. The molecule has 0 saturated carbocycles. The maximum Gasteiger partial charge on any atom is 0.135 e. The molecule has 0 aliphatic carbocycles. The predicted octanol–water partition coefficient (Wildman–Crippen LogP) is 14.9. The largest absolute Gasteiger partial charge is 0.456 e. The van der Waals surface area contributed by atoms with Gasteiger partial charge in [-0.15, -0.1) is 0 Å². The van der Waals surface area contributed by atoms with Crippen LogP contribution in [0.1, 0.15) is 0 Å². The highest BCUT2D eigenvalue weighted by atomic mass is 16.3. The summed E-state index contributed by atoms with van der Waals surface area (Å²) in [6.07, 6.45) is 0. The number of rotatable bonds is 7. The molecule has 0 saturated heterocycles. The van der Waals surface area contributed by atoms with Crippen molar-refractivity contribution in [3.63, 3.8) is 0 Å². The minimum absolute atomic E-state index is 0.878. The van der Waals surface area contributed by atoms with E-state index in [1.807, 2.05) is 12.1 Å². The summed E-state index contributed by atoms with van der Waals surface area (Å²) in [5, 5.41) is 4.69. The maximum absolute atomic E-state index is 6.28. The lowest BCUT2D eigenvalue weighted by Crippen LogP contribution is -2.11. The third-order valence-electron chi connectivity index (χ3n) is 10.5. The third kappa shape index (κ3) is 5.62. The first-order valence-corrected chi connectivity index (χ1v) is 18.4. The topological polar surface area (TPSA) is 16.4 Å². The number of hydrogen-bond acceptors (Lipinski definition) is 2. The monoisotopic (exact) mass is 689 g/mol. The Labute approximate surface area is 314 Å². The summed E-state index contributed by atoms with van der Waals surface area (Å²) in [7, 11) is 0. The summed E-state index contributed by atoms with van der Waals surface area (Å²) in [4.78, 5) is 2.39. The summed E-state index contributed by atoms with van der Waals surface area (Å²) >= 11 is 0. The summed E-state index contributed by atoms with van der Waals surface area (Å²) in [5.74, 6) is 0. The van der Waals surface area contributed by atoms with E-state index in [9.17, 15) is 0 Å². The van der Waals surface area contributed by atoms with E-state index >= 15 is 0 Å². The Hall–Kier alpha value is -7.16. The van der Waals surface area contributed by atoms with Crippen LogP contribution in [0.2, 0.25) is 0 Å². The Morgan fingerprint density at radius 3 is 1.65 bits per heavy atom. The highest BCUT2D eigenvalue weighted by Gasteiger charge is 2.21. The van der Waals surface area contributed by atoms with Gasteiger partial charge in [0, 0.05) is 27.7 Å². The molecule has 10 rings (SSSR count). The molecule has 0 aliphatic rings. The molecule has 254 valence electrons. The van der Waals surface area contributed by atoms with Crippen molar-refractivity contribution in [3.8, 4) is 44.5 Å². The van der Waals surface area contributed by atoms with Gasteiger partial charge in [-0.1, -0.05) is 164 Å². The SMILES string of the molecule is c1ccc(-c2ccccc2-c2ccccc2-c2ccccc2N(c2ccc(-c3ccc4ccccc4c3)cc2)c2ccc3oc4ccccc4c3c2)cc1. The smallest absolute Gasteiger partial charge is 0.135 e. The van der Waals surface area contributed by atoms with Crippen molar-refractivity contribution in [2.45, 2.75) is 0 Å². The zero-order valence-electron chi connectivity index (χ0n) is 29.6. The number of fused-ring (bicyclic) bond motifs is 4. The van der Waals surface area contributed by atoms with E-state index in [4.69, 9.17) is 4.42 Å². The second kappa shape index (κ2) is 13.4. The molecular formula is C52H35NO. The molecule has 2 heteroatoms. The number of benzene rings is 9. The fourth-order valence-corrected chi connectivity index (χ4v) is 7.89. The summed E-state index contributed by atoms with van der Waals surface area (Å²) < 4.78 is 6.28. The van der Waals surface area contributed by atoms with Crippen LogP contribution in [-0.4, -0.2) is 0 Å². The maximum atomic E-state index is 6.28. The first-order valence-electron chi connectivity index (χ1n) is 18.4. The molecule has 54 heavy (non-hydrogen) atoms. The molecule has 0 bridgehead atoms. The van der Waals surface area contributed by atoms with Crippen LogP contribution in [0.15, 0.2) is 217 Å². The molecule has 0 unspecified atom stereocenters. The minimum atomic E-state index is 0.878. The van der Waals surface area contributed by atoms with Crippen molar-refractivity contribution in [2.24, 2.45) is 0 Å². The van der Waals surface area contributed by atoms with Gasteiger partial charge < -0.3 is 9.32 Å². The van der Waals surface area contributed by atoms with E-state index < -0.39 is 0 Å². The number of hydrogen-bond donors (Lipinski definition) is 0. The predicted molar refractivity (Wildman–Crippen MR) is 228 cm³/mol.